The van der Waals surface area contributed by atoms with Gasteiger partial charge in [-0.15, -0.1) is 0 Å². The predicted molar refractivity (Wildman–Crippen MR) is 68.7 cm³/mol. The molecule has 1 aromatic heterocycles. The Morgan fingerprint density at radius 3 is 2.44 bits per heavy atom. The SMILES string of the molecule is CCCc1cc(NC)nc(CC(C)(C)C)n1. The molecule has 0 amide bonds. The smallest absolute Gasteiger partial charge is 0.131 e. The summed E-state index contributed by atoms with van der Waals surface area (Å²) >= 11 is 0. The minimum absolute atomic E-state index is 0.232. The fourth-order valence-corrected chi connectivity index (χ4v) is 1.62. The molecule has 0 aliphatic rings. The number of nitrogens with one attached hydrogen (secondary N) is 1. The second-order valence-corrected chi connectivity index (χ2v) is 5.40. The summed E-state index contributed by atoms with van der Waals surface area (Å²) in [5, 5.41) is 3.10. The lowest BCUT2D eigenvalue weighted by molar-refractivity contribution is 0.400. The van der Waals surface area contributed by atoms with Crippen molar-refractivity contribution >= 4 is 5.82 Å². The van der Waals surface area contributed by atoms with Crippen LogP contribution in [0.1, 0.15) is 45.6 Å². The predicted octanol–water partition coefficient (Wildman–Crippen LogP) is 3.06. The van der Waals surface area contributed by atoms with Crippen LogP contribution in [-0.2, 0) is 12.8 Å². The maximum Gasteiger partial charge on any atom is 0.131 e. The van der Waals surface area contributed by atoms with E-state index in [4.69, 9.17) is 0 Å². The first kappa shape index (κ1) is 12.9. The Morgan fingerprint density at radius 1 is 1.25 bits per heavy atom. The van der Waals surface area contributed by atoms with Gasteiger partial charge in [-0.05, 0) is 11.8 Å². The van der Waals surface area contributed by atoms with E-state index >= 15 is 0 Å². The average molecular weight is 221 g/mol. The Bertz CT molecular complexity index is 340. The van der Waals surface area contributed by atoms with Gasteiger partial charge in [0.05, 0.1) is 0 Å². The first-order chi connectivity index (χ1) is 7.44. The van der Waals surface area contributed by atoms with Crippen LogP contribution in [0.4, 0.5) is 5.82 Å². The zero-order valence-electron chi connectivity index (χ0n) is 11.1. The lowest BCUT2D eigenvalue weighted by atomic mass is 9.92. The Labute approximate surface area is 98.7 Å². The number of anilines is 1. The molecule has 0 bridgehead atoms. The molecule has 1 rings (SSSR count). The van der Waals surface area contributed by atoms with Crippen LogP contribution in [0, 0.1) is 5.41 Å². The van der Waals surface area contributed by atoms with Crippen LogP contribution in [0.2, 0.25) is 0 Å². The van der Waals surface area contributed by atoms with E-state index in [1.54, 1.807) is 0 Å². The zero-order valence-corrected chi connectivity index (χ0v) is 11.1. The molecule has 0 atom stereocenters. The highest BCUT2D eigenvalue weighted by Gasteiger charge is 2.14. The molecular formula is C13H23N3. The molecule has 3 nitrogen and oxygen atoms in total. The van der Waals surface area contributed by atoms with Crippen molar-refractivity contribution in [1.29, 1.82) is 0 Å². The molecular weight excluding hydrogens is 198 g/mol. The van der Waals surface area contributed by atoms with E-state index in [1.165, 1.54) is 0 Å². The summed E-state index contributed by atoms with van der Waals surface area (Å²) in [5.74, 6) is 1.88. The van der Waals surface area contributed by atoms with E-state index in [2.05, 4.69) is 43.0 Å². The minimum atomic E-state index is 0.232. The molecule has 0 saturated carbocycles. The zero-order chi connectivity index (χ0) is 12.2. The summed E-state index contributed by atoms with van der Waals surface area (Å²) in [6.07, 6.45) is 3.06. The lowest BCUT2D eigenvalue weighted by Gasteiger charge is -2.17. The summed E-state index contributed by atoms with van der Waals surface area (Å²) in [7, 11) is 1.90. The number of hydrogen-bond acceptors (Lipinski definition) is 3. The molecule has 0 radical (unpaired) electrons. The van der Waals surface area contributed by atoms with Crippen molar-refractivity contribution in [2.45, 2.75) is 47.0 Å². The van der Waals surface area contributed by atoms with Crippen molar-refractivity contribution in [3.05, 3.63) is 17.6 Å². The number of hydrogen-bond donors (Lipinski definition) is 1. The monoisotopic (exact) mass is 221 g/mol. The van der Waals surface area contributed by atoms with Gasteiger partial charge in [0.15, 0.2) is 0 Å². The molecule has 16 heavy (non-hydrogen) atoms. The molecule has 90 valence electrons. The molecule has 0 spiro atoms. The fraction of sp³-hybridized carbons (Fsp3) is 0.692. The van der Waals surface area contributed by atoms with E-state index in [-0.39, 0.29) is 5.41 Å². The van der Waals surface area contributed by atoms with Crippen molar-refractivity contribution in [3.8, 4) is 0 Å². The van der Waals surface area contributed by atoms with Crippen molar-refractivity contribution < 1.29 is 0 Å². The number of nitrogens with zero attached hydrogens (tertiary/aromatic N) is 2. The average Bonchev–Trinajstić information content (AvgIpc) is 2.15. The molecule has 0 aliphatic carbocycles. The van der Waals surface area contributed by atoms with E-state index in [9.17, 15) is 0 Å². The summed E-state index contributed by atoms with van der Waals surface area (Å²) in [4.78, 5) is 9.10. The third kappa shape index (κ3) is 4.17. The third-order valence-electron chi connectivity index (χ3n) is 2.28. The van der Waals surface area contributed by atoms with Gasteiger partial charge in [-0.25, -0.2) is 9.97 Å². The summed E-state index contributed by atoms with van der Waals surface area (Å²) in [6, 6.07) is 2.04. The normalized spacial score (nSPS) is 11.6. The molecule has 1 heterocycles. The van der Waals surface area contributed by atoms with Gasteiger partial charge < -0.3 is 5.32 Å². The van der Waals surface area contributed by atoms with Crippen LogP contribution in [0.25, 0.3) is 0 Å². The second kappa shape index (κ2) is 5.28. The van der Waals surface area contributed by atoms with Gasteiger partial charge in [0.25, 0.3) is 0 Å². The van der Waals surface area contributed by atoms with Gasteiger partial charge in [-0.1, -0.05) is 34.1 Å². The number of aryl methyl sites for hydroxylation is 1. The van der Waals surface area contributed by atoms with Gasteiger partial charge >= 0.3 is 0 Å². The minimum Gasteiger partial charge on any atom is -0.373 e. The van der Waals surface area contributed by atoms with Gasteiger partial charge in [-0.3, -0.25) is 0 Å². The quantitative estimate of drug-likeness (QED) is 0.849. The molecule has 0 aliphatic heterocycles. The Morgan fingerprint density at radius 2 is 1.94 bits per heavy atom. The largest absolute Gasteiger partial charge is 0.373 e. The van der Waals surface area contributed by atoms with Gasteiger partial charge in [0, 0.05) is 25.2 Å². The number of rotatable bonds is 4. The van der Waals surface area contributed by atoms with Crippen LogP contribution in [0.15, 0.2) is 6.07 Å². The summed E-state index contributed by atoms with van der Waals surface area (Å²) in [5.41, 5.74) is 1.37. The summed E-state index contributed by atoms with van der Waals surface area (Å²) < 4.78 is 0. The van der Waals surface area contributed by atoms with Crippen LogP contribution in [0.3, 0.4) is 0 Å². The molecule has 1 N–H and O–H groups in total. The third-order valence-corrected chi connectivity index (χ3v) is 2.28. The van der Waals surface area contributed by atoms with E-state index in [0.29, 0.717) is 0 Å². The first-order valence-corrected chi connectivity index (χ1v) is 5.99. The molecule has 0 aromatic carbocycles. The Hall–Kier alpha value is -1.12. The molecule has 1 aromatic rings. The molecule has 0 fully saturated rings. The van der Waals surface area contributed by atoms with Gasteiger partial charge in [0.1, 0.15) is 11.6 Å². The topological polar surface area (TPSA) is 37.8 Å². The highest BCUT2D eigenvalue weighted by atomic mass is 15.0. The Balaban J connectivity index is 2.95. The van der Waals surface area contributed by atoms with Crippen molar-refractivity contribution in [1.82, 2.24) is 9.97 Å². The van der Waals surface area contributed by atoms with Crippen LogP contribution in [-0.4, -0.2) is 17.0 Å². The van der Waals surface area contributed by atoms with E-state index < -0.39 is 0 Å². The molecule has 0 unspecified atom stereocenters. The Kier molecular flexibility index (Phi) is 4.27. The van der Waals surface area contributed by atoms with Crippen molar-refractivity contribution in [2.75, 3.05) is 12.4 Å². The first-order valence-electron chi connectivity index (χ1n) is 5.99. The maximum atomic E-state index is 4.61. The van der Waals surface area contributed by atoms with Crippen LogP contribution >= 0.6 is 0 Å². The standard InChI is InChI=1S/C13H23N3/c1-6-7-10-8-11(14-5)16-12(15-10)9-13(2,3)4/h8H,6-7,9H2,1-5H3,(H,14,15,16). The number of aromatic nitrogens is 2. The van der Waals surface area contributed by atoms with E-state index in [0.717, 1.165) is 36.6 Å². The second-order valence-electron chi connectivity index (χ2n) is 5.40. The van der Waals surface area contributed by atoms with Gasteiger partial charge in [-0.2, -0.15) is 0 Å². The van der Waals surface area contributed by atoms with Crippen LogP contribution < -0.4 is 5.32 Å². The lowest BCUT2D eigenvalue weighted by Crippen LogP contribution is -2.13. The van der Waals surface area contributed by atoms with E-state index in [1.807, 2.05) is 13.1 Å². The van der Waals surface area contributed by atoms with Crippen molar-refractivity contribution in [2.24, 2.45) is 5.41 Å². The van der Waals surface area contributed by atoms with Gasteiger partial charge in [0.2, 0.25) is 0 Å². The van der Waals surface area contributed by atoms with Crippen molar-refractivity contribution in [3.63, 3.8) is 0 Å². The fourth-order valence-electron chi connectivity index (χ4n) is 1.62. The highest BCUT2D eigenvalue weighted by Crippen LogP contribution is 2.19. The van der Waals surface area contributed by atoms with Crippen LogP contribution in [0.5, 0.6) is 0 Å². The highest BCUT2D eigenvalue weighted by molar-refractivity contribution is 5.35. The molecule has 0 saturated heterocycles. The summed E-state index contributed by atoms with van der Waals surface area (Å²) in [6.45, 7) is 8.80. The molecule has 3 heteroatoms. The maximum absolute atomic E-state index is 4.61.